The molecular formula is C32H26ClN3O3S2. The number of thioether (sulfide) groups is 1. The number of hydrogen-bond donors (Lipinski definition) is 2. The van der Waals surface area contributed by atoms with Crippen LogP contribution in [0.25, 0.3) is 11.3 Å². The lowest BCUT2D eigenvalue weighted by Gasteiger charge is -2.17. The third-order valence-electron chi connectivity index (χ3n) is 6.11. The van der Waals surface area contributed by atoms with E-state index in [-0.39, 0.29) is 18.2 Å². The van der Waals surface area contributed by atoms with Crippen LogP contribution in [-0.4, -0.2) is 23.9 Å². The van der Waals surface area contributed by atoms with Crippen molar-refractivity contribution in [3.63, 3.8) is 0 Å². The molecule has 1 atom stereocenters. The van der Waals surface area contributed by atoms with Gasteiger partial charge in [0.2, 0.25) is 11.8 Å². The van der Waals surface area contributed by atoms with Crippen LogP contribution in [0.1, 0.15) is 16.4 Å². The van der Waals surface area contributed by atoms with E-state index in [0.717, 1.165) is 33.0 Å². The molecule has 0 saturated carbocycles. The fourth-order valence-corrected chi connectivity index (χ4v) is 6.01. The molecule has 2 N–H and O–H groups in total. The maximum atomic E-state index is 13.6. The molecule has 0 radical (unpaired) electrons. The monoisotopic (exact) mass is 599 g/mol. The SMILES string of the molecule is COc1ccc(-c2csc(NC(=O)C(Sc3cccc(NC(=O)Cc4ccc(Cl)cc4)c3)c3ccccc3)n2)cc1. The average molecular weight is 600 g/mol. The van der Waals surface area contributed by atoms with Crippen LogP contribution in [0, 0.1) is 0 Å². The summed E-state index contributed by atoms with van der Waals surface area (Å²) in [6.07, 6.45) is 0.232. The Morgan fingerprint density at radius 2 is 1.68 bits per heavy atom. The molecule has 0 aliphatic rings. The molecule has 1 unspecified atom stereocenters. The number of carbonyl (C=O) groups is 2. The van der Waals surface area contributed by atoms with E-state index in [1.807, 2.05) is 96.4 Å². The highest BCUT2D eigenvalue weighted by molar-refractivity contribution is 8.00. The van der Waals surface area contributed by atoms with Gasteiger partial charge in [-0.1, -0.05) is 60.1 Å². The Morgan fingerprint density at radius 3 is 2.41 bits per heavy atom. The molecule has 5 aromatic rings. The van der Waals surface area contributed by atoms with E-state index >= 15 is 0 Å². The lowest BCUT2D eigenvalue weighted by atomic mass is 10.1. The van der Waals surface area contributed by atoms with Gasteiger partial charge in [0.15, 0.2) is 5.13 Å². The Labute approximate surface area is 251 Å². The maximum Gasteiger partial charge on any atom is 0.244 e. The van der Waals surface area contributed by atoms with Crippen LogP contribution >= 0.6 is 34.7 Å². The number of rotatable bonds is 10. The zero-order valence-corrected chi connectivity index (χ0v) is 24.4. The minimum Gasteiger partial charge on any atom is -0.497 e. The van der Waals surface area contributed by atoms with E-state index in [4.69, 9.17) is 16.3 Å². The molecule has 1 aromatic heterocycles. The van der Waals surface area contributed by atoms with E-state index in [1.54, 1.807) is 19.2 Å². The number of hydrogen-bond acceptors (Lipinski definition) is 6. The normalized spacial score (nSPS) is 11.5. The van der Waals surface area contributed by atoms with Crippen molar-refractivity contribution in [2.45, 2.75) is 16.6 Å². The highest BCUT2D eigenvalue weighted by Crippen LogP contribution is 2.38. The molecule has 4 aromatic carbocycles. The second-order valence-corrected chi connectivity index (χ2v) is 11.5. The number of ether oxygens (including phenoxy) is 1. The van der Waals surface area contributed by atoms with E-state index in [2.05, 4.69) is 15.6 Å². The Kier molecular flexibility index (Phi) is 9.36. The molecule has 2 amide bonds. The van der Waals surface area contributed by atoms with Crippen molar-refractivity contribution in [3.05, 3.63) is 125 Å². The van der Waals surface area contributed by atoms with E-state index in [1.165, 1.54) is 23.1 Å². The van der Waals surface area contributed by atoms with E-state index in [0.29, 0.717) is 15.8 Å². The number of thiazole rings is 1. The number of nitrogens with one attached hydrogen (secondary N) is 2. The molecule has 0 bridgehead atoms. The van der Waals surface area contributed by atoms with E-state index in [9.17, 15) is 9.59 Å². The van der Waals surface area contributed by atoms with Gasteiger partial charge in [-0.05, 0) is 65.7 Å². The van der Waals surface area contributed by atoms with Crippen molar-refractivity contribution < 1.29 is 14.3 Å². The second kappa shape index (κ2) is 13.5. The van der Waals surface area contributed by atoms with Crippen molar-refractivity contribution in [1.29, 1.82) is 0 Å². The number of anilines is 2. The Morgan fingerprint density at radius 1 is 0.927 bits per heavy atom. The summed E-state index contributed by atoms with van der Waals surface area (Å²) >= 11 is 8.73. The largest absolute Gasteiger partial charge is 0.497 e. The molecule has 206 valence electrons. The van der Waals surface area contributed by atoms with Crippen molar-refractivity contribution >= 4 is 57.3 Å². The van der Waals surface area contributed by atoms with Crippen molar-refractivity contribution in [3.8, 4) is 17.0 Å². The first-order chi connectivity index (χ1) is 20.0. The van der Waals surface area contributed by atoms with Gasteiger partial charge in [-0.2, -0.15) is 0 Å². The minimum atomic E-state index is -0.537. The summed E-state index contributed by atoms with van der Waals surface area (Å²) in [5, 5.41) is 8.47. The van der Waals surface area contributed by atoms with Gasteiger partial charge >= 0.3 is 0 Å². The lowest BCUT2D eigenvalue weighted by molar-refractivity contribution is -0.116. The zero-order chi connectivity index (χ0) is 28.6. The fraction of sp³-hybridized carbons (Fsp3) is 0.0938. The lowest BCUT2D eigenvalue weighted by Crippen LogP contribution is -2.19. The zero-order valence-electron chi connectivity index (χ0n) is 22.0. The van der Waals surface area contributed by atoms with Crippen LogP contribution in [0.3, 0.4) is 0 Å². The Balaban J connectivity index is 1.29. The maximum absolute atomic E-state index is 13.6. The summed E-state index contributed by atoms with van der Waals surface area (Å²) < 4.78 is 5.23. The number of nitrogens with zero attached hydrogens (tertiary/aromatic N) is 1. The minimum absolute atomic E-state index is 0.136. The first-order valence-corrected chi connectivity index (χ1v) is 14.9. The van der Waals surface area contributed by atoms with Crippen LogP contribution in [0.4, 0.5) is 10.8 Å². The standard InChI is InChI=1S/C32H26ClN3O3S2/c1-39-26-16-12-22(13-17-26)28-20-40-32(35-28)36-31(38)30(23-6-3-2-4-7-23)41-27-9-5-8-25(19-27)34-29(37)18-21-10-14-24(33)15-11-21/h2-17,19-20,30H,18H2,1H3,(H,34,37)(H,35,36,38). The predicted molar refractivity (Wildman–Crippen MR) is 168 cm³/mol. The molecule has 1 heterocycles. The average Bonchev–Trinajstić information content (AvgIpc) is 3.46. The van der Waals surface area contributed by atoms with E-state index < -0.39 is 5.25 Å². The molecule has 9 heteroatoms. The highest BCUT2D eigenvalue weighted by Gasteiger charge is 2.23. The number of carbonyl (C=O) groups excluding carboxylic acids is 2. The number of benzene rings is 4. The summed E-state index contributed by atoms with van der Waals surface area (Å²) in [5.41, 5.74) is 4.10. The number of methoxy groups -OCH3 is 1. The summed E-state index contributed by atoms with van der Waals surface area (Å²) in [7, 11) is 1.63. The number of amides is 2. The van der Waals surface area contributed by atoms with Gasteiger partial charge in [0.1, 0.15) is 11.0 Å². The number of halogens is 1. The molecular weight excluding hydrogens is 574 g/mol. The van der Waals surface area contributed by atoms with Gasteiger partial charge in [0.25, 0.3) is 0 Å². The highest BCUT2D eigenvalue weighted by atomic mass is 35.5. The second-order valence-electron chi connectivity index (χ2n) is 9.04. The molecule has 0 aliphatic carbocycles. The van der Waals surface area contributed by atoms with Crippen LogP contribution in [0.15, 0.2) is 113 Å². The van der Waals surface area contributed by atoms with Gasteiger partial charge in [-0.25, -0.2) is 4.98 Å². The van der Waals surface area contributed by atoms with Crippen molar-refractivity contribution in [1.82, 2.24) is 4.98 Å². The Hall–Kier alpha value is -4.11. The first-order valence-electron chi connectivity index (χ1n) is 12.7. The molecule has 41 heavy (non-hydrogen) atoms. The van der Waals surface area contributed by atoms with Crippen LogP contribution in [0.5, 0.6) is 5.75 Å². The summed E-state index contributed by atoms with van der Waals surface area (Å²) in [5.74, 6) is 0.447. The topological polar surface area (TPSA) is 80.3 Å². The molecule has 0 aliphatic heterocycles. The van der Waals surface area contributed by atoms with Crippen molar-refractivity contribution in [2.24, 2.45) is 0 Å². The summed E-state index contributed by atoms with van der Waals surface area (Å²) in [6.45, 7) is 0. The van der Waals surface area contributed by atoms with Crippen LogP contribution in [-0.2, 0) is 16.0 Å². The van der Waals surface area contributed by atoms with Crippen LogP contribution < -0.4 is 15.4 Å². The fourth-order valence-electron chi connectivity index (χ4n) is 4.07. The molecule has 5 rings (SSSR count). The molecule has 6 nitrogen and oxygen atoms in total. The van der Waals surface area contributed by atoms with Crippen molar-refractivity contribution in [2.75, 3.05) is 17.7 Å². The summed E-state index contributed by atoms with van der Waals surface area (Å²) in [4.78, 5) is 31.7. The predicted octanol–water partition coefficient (Wildman–Crippen LogP) is 8.13. The third kappa shape index (κ3) is 7.76. The first kappa shape index (κ1) is 28.4. The number of aromatic nitrogens is 1. The molecule has 0 spiro atoms. The van der Waals surface area contributed by atoms with Gasteiger partial charge in [-0.15, -0.1) is 23.1 Å². The molecule has 0 saturated heterocycles. The van der Waals surface area contributed by atoms with Gasteiger partial charge in [0.05, 0.1) is 19.2 Å². The van der Waals surface area contributed by atoms with Gasteiger partial charge in [0, 0.05) is 26.5 Å². The van der Waals surface area contributed by atoms with Gasteiger partial charge in [-0.3, -0.25) is 9.59 Å². The van der Waals surface area contributed by atoms with Crippen LogP contribution in [0.2, 0.25) is 5.02 Å². The third-order valence-corrected chi connectivity index (χ3v) is 8.37. The quantitative estimate of drug-likeness (QED) is 0.158. The summed E-state index contributed by atoms with van der Waals surface area (Å²) in [6, 6.07) is 31.9. The molecule has 0 fully saturated rings. The Bertz CT molecular complexity index is 1620. The van der Waals surface area contributed by atoms with Gasteiger partial charge < -0.3 is 15.4 Å². The smallest absolute Gasteiger partial charge is 0.244 e.